The highest BCUT2D eigenvalue weighted by Gasteiger charge is 2.15. The Hall–Kier alpha value is -4.29. The minimum atomic E-state index is -0.246. The van der Waals surface area contributed by atoms with E-state index in [1.807, 2.05) is 67.5 Å². The molecule has 0 aliphatic rings. The summed E-state index contributed by atoms with van der Waals surface area (Å²) in [6, 6.07) is 27.5. The van der Waals surface area contributed by atoms with Gasteiger partial charge in [-0.1, -0.05) is 60.7 Å². The monoisotopic (exact) mass is 462 g/mol. The van der Waals surface area contributed by atoms with Crippen LogP contribution in [0.15, 0.2) is 95.9 Å². The Balaban J connectivity index is 1.60. The van der Waals surface area contributed by atoms with Crippen LogP contribution in [-0.2, 0) is 0 Å². The van der Waals surface area contributed by atoms with Crippen molar-refractivity contribution in [2.75, 3.05) is 27.2 Å². The molecule has 6 nitrogen and oxygen atoms in total. The second kappa shape index (κ2) is 9.52. The van der Waals surface area contributed by atoms with E-state index in [1.165, 1.54) is 4.40 Å². The summed E-state index contributed by atoms with van der Waals surface area (Å²) in [5.41, 5.74) is 5.27. The predicted octanol–water partition coefficient (Wildman–Crippen LogP) is 4.47. The largest absolute Gasteiger partial charge is 0.351 e. The fourth-order valence-electron chi connectivity index (χ4n) is 4.26. The number of pyridine rings is 1. The molecule has 0 spiro atoms. The number of hydrogen-bond acceptors (Lipinski definition) is 4. The van der Waals surface area contributed by atoms with E-state index >= 15 is 0 Å². The van der Waals surface area contributed by atoms with Crippen LogP contribution in [0.25, 0.3) is 38.8 Å². The molecular weight excluding hydrogens is 436 g/mol. The summed E-state index contributed by atoms with van der Waals surface area (Å²) < 4.78 is 1.45. The van der Waals surface area contributed by atoms with Gasteiger partial charge in [0.1, 0.15) is 0 Å². The van der Waals surface area contributed by atoms with Crippen LogP contribution in [0.2, 0.25) is 0 Å². The highest BCUT2D eigenvalue weighted by molar-refractivity contribution is 6.00. The molecule has 35 heavy (non-hydrogen) atoms. The number of nitrogens with zero attached hydrogens (tertiary/aromatic N) is 3. The first-order valence-electron chi connectivity index (χ1n) is 11.6. The molecule has 0 atom stereocenters. The molecule has 5 rings (SSSR count). The highest BCUT2D eigenvalue weighted by Crippen LogP contribution is 2.32. The van der Waals surface area contributed by atoms with E-state index < -0.39 is 0 Å². The molecule has 0 fully saturated rings. The molecule has 0 bridgehead atoms. The standard InChI is InChI=1S/C29H26N4O2/c1-32(2)18-16-30-28(34)24-13-8-17-33-27(24)31-26-15-14-21(19-25(26)29(33)35)23-12-7-6-11-22(23)20-9-4-3-5-10-20/h3-15,17,19H,16,18H2,1-2H3,(H,30,34). The minimum Gasteiger partial charge on any atom is -0.351 e. The van der Waals surface area contributed by atoms with Crippen LogP contribution in [0.4, 0.5) is 0 Å². The Labute approximate surface area is 203 Å². The first kappa shape index (κ1) is 22.5. The molecule has 0 saturated heterocycles. The lowest BCUT2D eigenvalue weighted by Crippen LogP contribution is -2.32. The maximum Gasteiger partial charge on any atom is 0.265 e. The number of fused-ring (bicyclic) bond motifs is 2. The second-order valence-corrected chi connectivity index (χ2v) is 8.74. The Morgan fingerprint density at radius 2 is 1.60 bits per heavy atom. The molecule has 0 aliphatic carbocycles. The van der Waals surface area contributed by atoms with Crippen LogP contribution >= 0.6 is 0 Å². The van der Waals surface area contributed by atoms with Gasteiger partial charge in [0, 0.05) is 19.3 Å². The first-order chi connectivity index (χ1) is 17.0. The van der Waals surface area contributed by atoms with E-state index in [2.05, 4.69) is 29.6 Å². The number of aromatic nitrogens is 2. The van der Waals surface area contributed by atoms with Gasteiger partial charge in [-0.15, -0.1) is 0 Å². The number of nitrogens with one attached hydrogen (secondary N) is 1. The normalized spacial score (nSPS) is 11.3. The summed E-state index contributed by atoms with van der Waals surface area (Å²) in [5, 5.41) is 3.41. The van der Waals surface area contributed by atoms with Gasteiger partial charge in [-0.25, -0.2) is 4.98 Å². The molecule has 1 amide bonds. The predicted molar refractivity (Wildman–Crippen MR) is 141 cm³/mol. The van der Waals surface area contributed by atoms with Crippen molar-refractivity contribution in [3.05, 3.63) is 107 Å². The van der Waals surface area contributed by atoms with Gasteiger partial charge in [0.2, 0.25) is 0 Å². The molecule has 174 valence electrons. The average molecular weight is 463 g/mol. The Kier molecular flexibility index (Phi) is 6.12. The van der Waals surface area contributed by atoms with Gasteiger partial charge >= 0.3 is 0 Å². The van der Waals surface area contributed by atoms with Crippen molar-refractivity contribution < 1.29 is 4.79 Å². The van der Waals surface area contributed by atoms with Gasteiger partial charge in [0.15, 0.2) is 5.65 Å². The first-order valence-corrected chi connectivity index (χ1v) is 11.6. The van der Waals surface area contributed by atoms with E-state index in [0.29, 0.717) is 28.7 Å². The Morgan fingerprint density at radius 1 is 0.886 bits per heavy atom. The number of likely N-dealkylation sites (N-methyl/N-ethyl adjacent to an activating group) is 1. The zero-order valence-electron chi connectivity index (χ0n) is 19.7. The molecular formula is C29H26N4O2. The number of carbonyl (C=O) groups is 1. The molecule has 0 radical (unpaired) electrons. The minimum absolute atomic E-state index is 0.202. The molecule has 1 N–H and O–H groups in total. The van der Waals surface area contributed by atoms with Crippen molar-refractivity contribution in [2.45, 2.75) is 0 Å². The van der Waals surface area contributed by atoms with Crippen LogP contribution < -0.4 is 10.9 Å². The van der Waals surface area contributed by atoms with Crippen LogP contribution in [0.1, 0.15) is 10.4 Å². The van der Waals surface area contributed by atoms with E-state index in [1.54, 1.807) is 18.3 Å². The summed E-state index contributed by atoms with van der Waals surface area (Å²) in [7, 11) is 3.90. The SMILES string of the molecule is CN(C)CCNC(=O)c1cccn2c(=O)c3cc(-c4ccccc4-c4ccccc4)ccc3nc12. The maximum atomic E-state index is 13.5. The van der Waals surface area contributed by atoms with Gasteiger partial charge < -0.3 is 10.2 Å². The van der Waals surface area contributed by atoms with Gasteiger partial charge in [0.25, 0.3) is 11.5 Å². The van der Waals surface area contributed by atoms with Crippen molar-refractivity contribution in [3.63, 3.8) is 0 Å². The third-order valence-corrected chi connectivity index (χ3v) is 6.05. The van der Waals surface area contributed by atoms with Gasteiger partial charge in [-0.2, -0.15) is 0 Å². The lowest BCUT2D eigenvalue weighted by Gasteiger charge is -2.13. The Morgan fingerprint density at radius 3 is 2.34 bits per heavy atom. The van der Waals surface area contributed by atoms with Gasteiger partial charge in [-0.05, 0) is 60.6 Å². The summed E-state index contributed by atoms with van der Waals surface area (Å²) in [6.07, 6.45) is 1.66. The van der Waals surface area contributed by atoms with Crippen LogP contribution in [0.5, 0.6) is 0 Å². The summed E-state index contributed by atoms with van der Waals surface area (Å²) in [5.74, 6) is -0.246. The van der Waals surface area contributed by atoms with E-state index in [4.69, 9.17) is 4.98 Å². The van der Waals surface area contributed by atoms with Crippen LogP contribution in [0, 0.1) is 0 Å². The molecule has 0 saturated carbocycles. The van der Waals surface area contributed by atoms with Crippen molar-refractivity contribution in [2.24, 2.45) is 0 Å². The summed E-state index contributed by atoms with van der Waals surface area (Å²) >= 11 is 0. The lowest BCUT2D eigenvalue weighted by molar-refractivity contribution is 0.0952. The summed E-state index contributed by atoms with van der Waals surface area (Å²) in [6.45, 7) is 1.23. The fourth-order valence-corrected chi connectivity index (χ4v) is 4.26. The Bertz CT molecular complexity index is 1590. The van der Waals surface area contributed by atoms with Crippen molar-refractivity contribution in [3.8, 4) is 22.3 Å². The van der Waals surface area contributed by atoms with Crippen molar-refractivity contribution >= 4 is 22.5 Å². The van der Waals surface area contributed by atoms with Crippen LogP contribution in [0.3, 0.4) is 0 Å². The van der Waals surface area contributed by atoms with Crippen molar-refractivity contribution in [1.82, 2.24) is 19.6 Å². The van der Waals surface area contributed by atoms with Crippen molar-refractivity contribution in [1.29, 1.82) is 0 Å². The van der Waals surface area contributed by atoms with E-state index in [9.17, 15) is 9.59 Å². The number of rotatable bonds is 6. The number of hydrogen-bond donors (Lipinski definition) is 1. The molecule has 0 aliphatic heterocycles. The molecule has 0 unspecified atom stereocenters. The van der Waals surface area contributed by atoms with E-state index in [0.717, 1.165) is 28.8 Å². The van der Waals surface area contributed by atoms with E-state index in [-0.39, 0.29) is 11.5 Å². The topological polar surface area (TPSA) is 66.7 Å². The molecule has 5 aromatic rings. The smallest absolute Gasteiger partial charge is 0.265 e. The molecule has 2 aromatic heterocycles. The number of carbonyl (C=O) groups excluding carboxylic acids is 1. The quantitative estimate of drug-likeness (QED) is 0.378. The van der Waals surface area contributed by atoms with Gasteiger partial charge in [0.05, 0.1) is 16.5 Å². The fraction of sp³-hybridized carbons (Fsp3) is 0.138. The van der Waals surface area contributed by atoms with Crippen LogP contribution in [-0.4, -0.2) is 47.4 Å². The maximum absolute atomic E-state index is 13.5. The molecule has 2 heterocycles. The molecule has 3 aromatic carbocycles. The third kappa shape index (κ3) is 4.44. The zero-order chi connectivity index (χ0) is 24.4. The average Bonchev–Trinajstić information content (AvgIpc) is 2.88. The summed E-state index contributed by atoms with van der Waals surface area (Å²) in [4.78, 5) is 33.0. The number of amides is 1. The third-order valence-electron chi connectivity index (χ3n) is 6.05. The second-order valence-electron chi connectivity index (χ2n) is 8.74. The number of benzene rings is 3. The highest BCUT2D eigenvalue weighted by atomic mass is 16.2. The zero-order valence-corrected chi connectivity index (χ0v) is 19.7. The van der Waals surface area contributed by atoms with Gasteiger partial charge in [-0.3, -0.25) is 14.0 Å². The lowest BCUT2D eigenvalue weighted by atomic mass is 9.94. The molecule has 6 heteroatoms.